The Labute approximate surface area is 334 Å². The zero-order chi connectivity index (χ0) is 39.8. The van der Waals surface area contributed by atoms with Crippen LogP contribution in [-0.4, -0.2) is 54.7 Å². The van der Waals surface area contributed by atoms with Crippen LogP contribution in [0.15, 0.2) is 115 Å². The molecule has 4 aromatic carbocycles. The van der Waals surface area contributed by atoms with Gasteiger partial charge in [-0.15, -0.1) is 0 Å². The fourth-order valence-corrected chi connectivity index (χ4v) is 7.65. The van der Waals surface area contributed by atoms with Crippen LogP contribution in [0.25, 0.3) is 90.9 Å². The van der Waals surface area contributed by atoms with Crippen molar-refractivity contribution in [2.75, 3.05) is 28.4 Å². The number of nitrogens with one attached hydrogen (secondary N) is 2. The average molecular weight is 763 g/mol. The number of aldehydes is 1. The summed E-state index contributed by atoms with van der Waals surface area (Å²) in [7, 11) is 6.60. The first kappa shape index (κ1) is 36.0. The third-order valence-corrected chi connectivity index (χ3v) is 10.5. The number of benzene rings is 4. The second-order valence-corrected chi connectivity index (χ2v) is 13.8. The van der Waals surface area contributed by atoms with E-state index in [1.54, 1.807) is 28.4 Å². The molecular weight excluding hydrogens is 725 g/mol. The van der Waals surface area contributed by atoms with Gasteiger partial charge >= 0.3 is 0 Å². The van der Waals surface area contributed by atoms with Gasteiger partial charge in [-0.25, -0.2) is 9.97 Å². The van der Waals surface area contributed by atoms with E-state index in [2.05, 4.69) is 28.2 Å². The van der Waals surface area contributed by atoms with Gasteiger partial charge in [0.15, 0.2) is 6.29 Å². The molecule has 5 heterocycles. The van der Waals surface area contributed by atoms with Crippen molar-refractivity contribution in [2.24, 2.45) is 0 Å². The van der Waals surface area contributed by atoms with Gasteiger partial charge in [0.25, 0.3) is 0 Å². The number of nitrogens with zero attached hydrogens (tertiary/aromatic N) is 2. The van der Waals surface area contributed by atoms with E-state index < -0.39 is 0 Å². The zero-order valence-electron chi connectivity index (χ0n) is 32.3. The Morgan fingerprint density at radius 2 is 0.776 bits per heavy atom. The highest BCUT2D eigenvalue weighted by molar-refractivity contribution is 6.05. The van der Waals surface area contributed by atoms with E-state index in [4.69, 9.17) is 28.9 Å². The number of carbonyl (C=O) groups is 1. The lowest BCUT2D eigenvalue weighted by Gasteiger charge is -2.08. The van der Waals surface area contributed by atoms with Crippen LogP contribution in [0.1, 0.15) is 33.1 Å². The number of carbonyl (C=O) groups excluding carboxylic acids is 1. The Bertz CT molecular complexity index is 2920. The molecule has 0 atom stereocenters. The van der Waals surface area contributed by atoms with E-state index in [0.29, 0.717) is 22.5 Å². The summed E-state index contributed by atoms with van der Waals surface area (Å²) in [5.41, 5.74) is 13.5. The molecule has 3 aromatic heterocycles. The van der Waals surface area contributed by atoms with Gasteiger partial charge in [-0.3, -0.25) is 4.79 Å². The summed E-state index contributed by atoms with van der Waals surface area (Å²) in [5, 5.41) is 0. The van der Waals surface area contributed by atoms with E-state index in [1.165, 1.54) is 0 Å². The Kier molecular flexibility index (Phi) is 9.39. The molecule has 284 valence electrons. The van der Waals surface area contributed by atoms with Crippen LogP contribution in [0.2, 0.25) is 0 Å². The molecule has 0 saturated heterocycles. The molecule has 2 aliphatic rings. The molecule has 9 rings (SSSR count). The highest BCUT2D eigenvalue weighted by Gasteiger charge is 2.21. The number of fused-ring (bicyclic) bond motifs is 8. The first-order valence-corrected chi connectivity index (χ1v) is 18.7. The molecule has 0 amide bonds. The Balaban J connectivity index is 1.47. The number of aromatic nitrogens is 4. The Hall–Kier alpha value is -7.65. The van der Waals surface area contributed by atoms with E-state index in [1.807, 2.05) is 121 Å². The van der Waals surface area contributed by atoms with Crippen LogP contribution in [-0.2, 0) is 0 Å². The number of ether oxygens (including phenoxy) is 4. The van der Waals surface area contributed by atoms with Gasteiger partial charge in [0.2, 0.25) is 0 Å². The molecule has 7 aromatic rings. The number of H-pyrrole nitrogens is 2. The van der Waals surface area contributed by atoms with Crippen LogP contribution in [0.5, 0.6) is 23.0 Å². The molecule has 58 heavy (non-hydrogen) atoms. The Morgan fingerprint density at radius 3 is 1.21 bits per heavy atom. The normalized spacial score (nSPS) is 11.7. The van der Waals surface area contributed by atoms with E-state index in [-0.39, 0.29) is 0 Å². The summed E-state index contributed by atoms with van der Waals surface area (Å²) in [4.78, 5) is 31.2. The largest absolute Gasteiger partial charge is 0.497 e. The summed E-state index contributed by atoms with van der Waals surface area (Å²) in [5.74, 6) is 2.95. The fourth-order valence-electron chi connectivity index (χ4n) is 7.65. The van der Waals surface area contributed by atoms with Crippen molar-refractivity contribution in [1.29, 1.82) is 0 Å². The van der Waals surface area contributed by atoms with Gasteiger partial charge in [0, 0.05) is 44.4 Å². The molecule has 0 unspecified atom stereocenters. The summed E-state index contributed by atoms with van der Waals surface area (Å²) >= 11 is 0. The highest BCUT2D eigenvalue weighted by atomic mass is 16.5. The molecule has 0 aliphatic carbocycles. The molecule has 9 heteroatoms. The number of hydrogen-bond acceptors (Lipinski definition) is 7. The lowest BCUT2D eigenvalue weighted by atomic mass is 10.0. The minimum absolute atomic E-state index is 0.485. The molecule has 0 radical (unpaired) electrons. The van der Waals surface area contributed by atoms with Gasteiger partial charge in [-0.2, -0.15) is 0 Å². The van der Waals surface area contributed by atoms with Crippen molar-refractivity contribution in [2.45, 2.75) is 0 Å². The van der Waals surface area contributed by atoms with Crippen LogP contribution >= 0.6 is 0 Å². The second-order valence-electron chi connectivity index (χ2n) is 13.8. The zero-order valence-corrected chi connectivity index (χ0v) is 32.3. The van der Waals surface area contributed by atoms with Gasteiger partial charge in [-0.1, -0.05) is 48.5 Å². The summed E-state index contributed by atoms with van der Waals surface area (Å²) in [6, 6.07) is 37.6. The predicted molar refractivity (Wildman–Crippen MR) is 232 cm³/mol. The van der Waals surface area contributed by atoms with Crippen molar-refractivity contribution in [3.8, 4) is 67.5 Å². The Morgan fingerprint density at radius 1 is 0.414 bits per heavy atom. The summed E-state index contributed by atoms with van der Waals surface area (Å²) in [6.07, 6.45) is 8.99. The number of methoxy groups -OCH3 is 4. The molecule has 9 nitrogen and oxygen atoms in total. The van der Waals surface area contributed by atoms with Crippen LogP contribution in [0, 0.1) is 0 Å². The van der Waals surface area contributed by atoms with E-state index in [0.717, 1.165) is 102 Å². The first-order chi connectivity index (χ1) is 28.5. The third kappa shape index (κ3) is 6.48. The second kappa shape index (κ2) is 15.1. The van der Waals surface area contributed by atoms with Crippen LogP contribution in [0.4, 0.5) is 0 Å². The standard InChI is InChI=1S/C49H38N4O5/c1-55-34-13-5-29(6-14-34)45-38-21-22-39(50-38)46(30-7-15-35(56-2)16-8-30)41-25-26-43(52-41)48(32-11-19-37(58-4)20-12-32)49-33(28-54)27-44(53-49)47(42-24-23-40(45)51-42)31-9-17-36(57-3)18-10-31/h5-28,51,53H,1-4H3. The van der Waals surface area contributed by atoms with Crippen molar-refractivity contribution in [1.82, 2.24) is 19.9 Å². The predicted octanol–water partition coefficient (Wildman–Crippen LogP) is 11.2. The number of hydrogen-bond donors (Lipinski definition) is 2. The maximum Gasteiger partial charge on any atom is 0.152 e. The topological polar surface area (TPSA) is 111 Å². The molecule has 0 saturated carbocycles. The minimum atomic E-state index is 0.485. The smallest absolute Gasteiger partial charge is 0.152 e. The van der Waals surface area contributed by atoms with Crippen molar-refractivity contribution in [3.05, 3.63) is 144 Å². The van der Waals surface area contributed by atoms with Gasteiger partial charge in [-0.05, 0) is 113 Å². The highest BCUT2D eigenvalue weighted by Crippen LogP contribution is 2.40. The molecule has 2 N–H and O–H groups in total. The molecule has 0 spiro atoms. The minimum Gasteiger partial charge on any atom is -0.497 e. The van der Waals surface area contributed by atoms with Crippen molar-refractivity contribution >= 4 is 52.7 Å². The van der Waals surface area contributed by atoms with E-state index in [9.17, 15) is 4.79 Å². The number of aromatic amines is 2. The lowest BCUT2D eigenvalue weighted by molar-refractivity contribution is 0.112. The molecule has 8 bridgehead atoms. The van der Waals surface area contributed by atoms with Crippen LogP contribution in [0.3, 0.4) is 0 Å². The number of rotatable bonds is 9. The molecule has 2 aliphatic heterocycles. The van der Waals surface area contributed by atoms with Gasteiger partial charge < -0.3 is 28.9 Å². The van der Waals surface area contributed by atoms with Crippen molar-refractivity contribution < 1.29 is 23.7 Å². The molecular formula is C49H38N4O5. The maximum absolute atomic E-state index is 13.1. The fraction of sp³-hybridized carbons (Fsp3) is 0.0816. The summed E-state index contributed by atoms with van der Waals surface area (Å²) < 4.78 is 22.1. The lowest BCUT2D eigenvalue weighted by Crippen LogP contribution is -1.92. The summed E-state index contributed by atoms with van der Waals surface area (Å²) in [6.45, 7) is 0. The van der Waals surface area contributed by atoms with Gasteiger partial charge in [0.05, 0.1) is 56.7 Å². The third-order valence-electron chi connectivity index (χ3n) is 10.5. The monoisotopic (exact) mass is 762 g/mol. The SMILES string of the molecule is COc1ccc(-c2c3nc(c(-c4ccc(OC)cc4)c4ccc([nH]4)c(-c4ccc(OC)cc4)c4cc(C=O)c([nH]4)c(-c4ccc(OC)cc4)c4nc2C=C4)C=C3)cc1. The quantitative estimate of drug-likeness (QED) is 0.141. The van der Waals surface area contributed by atoms with E-state index >= 15 is 0 Å². The molecule has 0 fully saturated rings. The average Bonchev–Trinajstić information content (AvgIpc) is 4.12. The van der Waals surface area contributed by atoms with Crippen molar-refractivity contribution in [3.63, 3.8) is 0 Å². The first-order valence-electron chi connectivity index (χ1n) is 18.7. The maximum atomic E-state index is 13.1. The van der Waals surface area contributed by atoms with Gasteiger partial charge in [0.1, 0.15) is 23.0 Å². The van der Waals surface area contributed by atoms with Crippen LogP contribution < -0.4 is 18.9 Å².